The van der Waals surface area contributed by atoms with Crippen molar-refractivity contribution in [2.75, 3.05) is 31.6 Å². The number of rotatable bonds is 2. The van der Waals surface area contributed by atoms with E-state index in [2.05, 4.69) is 5.32 Å². The van der Waals surface area contributed by atoms with Gasteiger partial charge < -0.3 is 24.8 Å². The molecule has 21 heavy (non-hydrogen) atoms. The summed E-state index contributed by atoms with van der Waals surface area (Å²) in [4.78, 5) is 14.4. The van der Waals surface area contributed by atoms with Crippen molar-refractivity contribution >= 4 is 11.6 Å². The number of para-hydroxylation sites is 2. The van der Waals surface area contributed by atoms with Gasteiger partial charge in [-0.05, 0) is 19.1 Å². The van der Waals surface area contributed by atoms with Crippen molar-refractivity contribution < 1.29 is 19.4 Å². The first-order valence-electron chi connectivity index (χ1n) is 7.21. The van der Waals surface area contributed by atoms with Gasteiger partial charge in [0.2, 0.25) is 0 Å². The molecule has 1 aromatic carbocycles. The standard InChI is InChI=1S/C15H20N2O4/c1-10-9-20-11(8-18)7-17(10)15(19)14-6-16-12-4-2-3-5-13(12)21-14/h2-5,10-11,14,16,18H,6-9H2,1H3. The molecular weight excluding hydrogens is 272 g/mol. The van der Waals surface area contributed by atoms with Crippen molar-refractivity contribution in [3.63, 3.8) is 0 Å². The molecule has 3 atom stereocenters. The number of aliphatic hydroxyl groups is 1. The topological polar surface area (TPSA) is 71.0 Å². The van der Waals surface area contributed by atoms with Gasteiger partial charge in [-0.2, -0.15) is 0 Å². The Bertz CT molecular complexity index is 522. The monoisotopic (exact) mass is 292 g/mol. The first-order chi connectivity index (χ1) is 10.2. The number of carbonyl (C=O) groups excluding carboxylic acids is 1. The molecule has 3 rings (SSSR count). The fourth-order valence-corrected chi connectivity index (χ4v) is 2.67. The Hall–Kier alpha value is -1.79. The molecule has 1 saturated heterocycles. The molecule has 1 fully saturated rings. The summed E-state index contributed by atoms with van der Waals surface area (Å²) in [6.45, 7) is 3.15. The zero-order valence-electron chi connectivity index (χ0n) is 12.0. The highest BCUT2D eigenvalue weighted by atomic mass is 16.5. The molecule has 0 spiro atoms. The van der Waals surface area contributed by atoms with Gasteiger partial charge in [-0.3, -0.25) is 4.79 Å². The number of nitrogens with zero attached hydrogens (tertiary/aromatic N) is 1. The molecular formula is C15H20N2O4. The largest absolute Gasteiger partial charge is 0.477 e. The molecule has 6 nitrogen and oxygen atoms in total. The van der Waals surface area contributed by atoms with Crippen molar-refractivity contribution in [2.45, 2.75) is 25.2 Å². The van der Waals surface area contributed by atoms with E-state index in [4.69, 9.17) is 9.47 Å². The van der Waals surface area contributed by atoms with E-state index in [0.717, 1.165) is 5.69 Å². The van der Waals surface area contributed by atoms with Gasteiger partial charge in [-0.25, -0.2) is 0 Å². The van der Waals surface area contributed by atoms with Gasteiger partial charge in [0.05, 0.1) is 37.6 Å². The Morgan fingerprint density at radius 1 is 1.48 bits per heavy atom. The number of benzene rings is 1. The number of anilines is 1. The van der Waals surface area contributed by atoms with Crippen LogP contribution >= 0.6 is 0 Å². The SMILES string of the molecule is CC1COC(CO)CN1C(=O)C1CNc2ccccc2O1. The number of hydrogen-bond acceptors (Lipinski definition) is 5. The van der Waals surface area contributed by atoms with Crippen LogP contribution in [-0.2, 0) is 9.53 Å². The lowest BCUT2D eigenvalue weighted by Crippen LogP contribution is -2.57. The zero-order valence-corrected chi connectivity index (χ0v) is 12.0. The van der Waals surface area contributed by atoms with E-state index in [9.17, 15) is 9.90 Å². The van der Waals surface area contributed by atoms with E-state index in [1.165, 1.54) is 0 Å². The maximum atomic E-state index is 12.7. The summed E-state index contributed by atoms with van der Waals surface area (Å²) >= 11 is 0. The van der Waals surface area contributed by atoms with Gasteiger partial charge in [-0.15, -0.1) is 0 Å². The van der Waals surface area contributed by atoms with Gasteiger partial charge >= 0.3 is 0 Å². The Balaban J connectivity index is 1.71. The van der Waals surface area contributed by atoms with Gasteiger partial charge in [0, 0.05) is 6.54 Å². The molecule has 0 saturated carbocycles. The Morgan fingerprint density at radius 2 is 2.29 bits per heavy atom. The second kappa shape index (κ2) is 5.91. The summed E-state index contributed by atoms with van der Waals surface area (Å²) in [6, 6.07) is 7.57. The first kappa shape index (κ1) is 14.2. The number of aliphatic hydroxyl groups excluding tert-OH is 1. The molecule has 3 unspecified atom stereocenters. The van der Waals surface area contributed by atoms with E-state index in [-0.39, 0.29) is 24.7 Å². The number of ether oxygens (including phenoxy) is 2. The van der Waals surface area contributed by atoms with Crippen molar-refractivity contribution in [2.24, 2.45) is 0 Å². The summed E-state index contributed by atoms with van der Waals surface area (Å²) in [7, 11) is 0. The molecule has 2 aliphatic heterocycles. The molecule has 2 aliphatic rings. The fraction of sp³-hybridized carbons (Fsp3) is 0.533. The lowest BCUT2D eigenvalue weighted by atomic mass is 10.1. The number of hydrogen-bond donors (Lipinski definition) is 2. The third-order valence-corrected chi connectivity index (χ3v) is 3.90. The van der Waals surface area contributed by atoms with E-state index in [1.54, 1.807) is 4.90 Å². The third kappa shape index (κ3) is 2.82. The van der Waals surface area contributed by atoms with Crippen molar-refractivity contribution in [3.8, 4) is 5.75 Å². The van der Waals surface area contributed by atoms with Gasteiger partial charge in [-0.1, -0.05) is 12.1 Å². The Kier molecular flexibility index (Phi) is 3.98. The normalized spacial score (nSPS) is 28.3. The Labute approximate surface area is 123 Å². The molecule has 114 valence electrons. The van der Waals surface area contributed by atoms with Crippen LogP contribution in [0.15, 0.2) is 24.3 Å². The second-order valence-electron chi connectivity index (χ2n) is 5.46. The highest BCUT2D eigenvalue weighted by Crippen LogP contribution is 2.29. The molecule has 0 radical (unpaired) electrons. The number of carbonyl (C=O) groups is 1. The van der Waals surface area contributed by atoms with Crippen molar-refractivity contribution in [1.29, 1.82) is 0 Å². The predicted octanol–water partition coefficient (Wildman–Crippen LogP) is 0.468. The van der Waals surface area contributed by atoms with Crippen LogP contribution in [0.4, 0.5) is 5.69 Å². The van der Waals surface area contributed by atoms with Crippen LogP contribution in [-0.4, -0.2) is 60.5 Å². The maximum absolute atomic E-state index is 12.7. The molecule has 1 aromatic rings. The minimum atomic E-state index is -0.542. The molecule has 0 bridgehead atoms. The summed E-state index contributed by atoms with van der Waals surface area (Å²) in [6.07, 6.45) is -0.853. The average Bonchev–Trinajstić information content (AvgIpc) is 2.54. The van der Waals surface area contributed by atoms with E-state index < -0.39 is 6.10 Å². The molecule has 1 amide bonds. The number of morpholine rings is 1. The van der Waals surface area contributed by atoms with Crippen molar-refractivity contribution in [1.82, 2.24) is 4.90 Å². The van der Waals surface area contributed by atoms with E-state index >= 15 is 0 Å². The minimum Gasteiger partial charge on any atom is -0.477 e. The Morgan fingerprint density at radius 3 is 3.10 bits per heavy atom. The minimum absolute atomic E-state index is 0.0129. The number of amides is 1. The van der Waals surface area contributed by atoms with Gasteiger partial charge in [0.15, 0.2) is 6.10 Å². The van der Waals surface area contributed by atoms with Crippen molar-refractivity contribution in [3.05, 3.63) is 24.3 Å². The predicted molar refractivity (Wildman–Crippen MR) is 77.3 cm³/mol. The summed E-state index contributed by atoms with van der Waals surface area (Å²) in [5.74, 6) is 0.632. The second-order valence-corrected chi connectivity index (χ2v) is 5.46. The fourth-order valence-electron chi connectivity index (χ4n) is 2.67. The quantitative estimate of drug-likeness (QED) is 0.829. The number of fused-ring (bicyclic) bond motifs is 1. The molecule has 2 N–H and O–H groups in total. The summed E-state index contributed by atoms with van der Waals surface area (Å²) in [5, 5.41) is 12.4. The van der Waals surface area contributed by atoms with E-state index in [0.29, 0.717) is 25.4 Å². The van der Waals surface area contributed by atoms with Crippen LogP contribution in [0.5, 0.6) is 5.75 Å². The van der Waals surface area contributed by atoms with E-state index in [1.807, 2.05) is 31.2 Å². The molecule has 2 heterocycles. The zero-order chi connectivity index (χ0) is 14.8. The highest BCUT2D eigenvalue weighted by Gasteiger charge is 2.35. The maximum Gasteiger partial charge on any atom is 0.265 e. The molecule has 0 aromatic heterocycles. The van der Waals surface area contributed by atoms with Crippen LogP contribution in [0, 0.1) is 0 Å². The lowest BCUT2D eigenvalue weighted by Gasteiger charge is -2.39. The average molecular weight is 292 g/mol. The summed E-state index contributed by atoms with van der Waals surface area (Å²) < 4.78 is 11.3. The number of nitrogens with one attached hydrogen (secondary N) is 1. The van der Waals surface area contributed by atoms with Crippen LogP contribution in [0.3, 0.4) is 0 Å². The summed E-state index contributed by atoms with van der Waals surface area (Å²) in [5.41, 5.74) is 0.907. The smallest absolute Gasteiger partial charge is 0.265 e. The van der Waals surface area contributed by atoms with Crippen LogP contribution in [0.25, 0.3) is 0 Å². The lowest BCUT2D eigenvalue weighted by molar-refractivity contribution is -0.153. The van der Waals surface area contributed by atoms with Crippen LogP contribution in [0.2, 0.25) is 0 Å². The molecule has 0 aliphatic carbocycles. The first-order valence-corrected chi connectivity index (χ1v) is 7.21. The third-order valence-electron chi connectivity index (χ3n) is 3.90. The molecule has 6 heteroatoms. The van der Waals surface area contributed by atoms with Gasteiger partial charge in [0.1, 0.15) is 5.75 Å². The van der Waals surface area contributed by atoms with Crippen LogP contribution < -0.4 is 10.1 Å². The highest BCUT2D eigenvalue weighted by molar-refractivity contribution is 5.83. The van der Waals surface area contributed by atoms with Crippen LogP contribution in [0.1, 0.15) is 6.92 Å². The van der Waals surface area contributed by atoms with Gasteiger partial charge in [0.25, 0.3) is 5.91 Å².